The SMILES string of the molecule is COC1=N/C(C2=CC(CN)=CCC2Cl)=C/CC/C(c2ccc(OCC(C)C)cc2)=N\1. The van der Waals surface area contributed by atoms with Gasteiger partial charge in [-0.25, -0.2) is 0 Å². The maximum absolute atomic E-state index is 6.56. The first-order chi connectivity index (χ1) is 14.5. The third-order valence-corrected chi connectivity index (χ3v) is 5.33. The summed E-state index contributed by atoms with van der Waals surface area (Å²) < 4.78 is 11.2. The summed E-state index contributed by atoms with van der Waals surface area (Å²) in [7, 11) is 1.58. The molecule has 0 radical (unpaired) electrons. The highest BCUT2D eigenvalue weighted by Gasteiger charge is 2.20. The zero-order chi connectivity index (χ0) is 21.5. The van der Waals surface area contributed by atoms with Gasteiger partial charge in [-0.3, -0.25) is 0 Å². The van der Waals surface area contributed by atoms with E-state index < -0.39 is 0 Å². The Bertz CT molecular complexity index is 896. The van der Waals surface area contributed by atoms with Gasteiger partial charge in [0.2, 0.25) is 0 Å². The smallest absolute Gasteiger partial charge is 0.316 e. The molecule has 3 rings (SSSR count). The van der Waals surface area contributed by atoms with E-state index in [1.165, 1.54) is 0 Å². The number of halogens is 1. The Morgan fingerprint density at radius 3 is 2.60 bits per heavy atom. The lowest BCUT2D eigenvalue weighted by Crippen LogP contribution is -2.15. The average Bonchev–Trinajstić information content (AvgIpc) is 2.73. The van der Waals surface area contributed by atoms with E-state index >= 15 is 0 Å². The van der Waals surface area contributed by atoms with Crippen molar-refractivity contribution in [2.24, 2.45) is 21.6 Å². The number of alkyl halides is 1. The first-order valence-corrected chi connectivity index (χ1v) is 10.8. The number of aliphatic imine (C=N–C) groups is 2. The van der Waals surface area contributed by atoms with Crippen LogP contribution in [0.1, 0.15) is 38.7 Å². The summed E-state index contributed by atoms with van der Waals surface area (Å²) in [4.78, 5) is 9.35. The molecular formula is C24H30ClN3O2. The summed E-state index contributed by atoms with van der Waals surface area (Å²) >= 11 is 6.56. The van der Waals surface area contributed by atoms with Crippen molar-refractivity contribution in [3.8, 4) is 5.75 Å². The highest BCUT2D eigenvalue weighted by molar-refractivity contribution is 6.23. The molecule has 0 spiro atoms. The minimum atomic E-state index is -0.130. The van der Waals surface area contributed by atoms with E-state index in [4.69, 9.17) is 31.8 Å². The van der Waals surface area contributed by atoms with Crippen molar-refractivity contribution in [3.63, 3.8) is 0 Å². The predicted octanol–water partition coefficient (Wildman–Crippen LogP) is 5.01. The molecule has 0 aromatic heterocycles. The van der Waals surface area contributed by atoms with Crippen LogP contribution in [0, 0.1) is 5.92 Å². The minimum Gasteiger partial charge on any atom is -0.493 e. The zero-order valence-corrected chi connectivity index (χ0v) is 18.7. The van der Waals surface area contributed by atoms with Gasteiger partial charge in [0, 0.05) is 6.54 Å². The second-order valence-electron chi connectivity index (χ2n) is 7.80. The van der Waals surface area contributed by atoms with Crippen LogP contribution in [0.4, 0.5) is 0 Å². The van der Waals surface area contributed by atoms with Crippen LogP contribution in [0.2, 0.25) is 0 Å². The van der Waals surface area contributed by atoms with Gasteiger partial charge >= 0.3 is 6.02 Å². The van der Waals surface area contributed by atoms with E-state index in [0.717, 1.165) is 53.1 Å². The topological polar surface area (TPSA) is 69.2 Å². The molecule has 1 unspecified atom stereocenters. The van der Waals surface area contributed by atoms with Gasteiger partial charge in [0.25, 0.3) is 0 Å². The molecule has 160 valence electrons. The van der Waals surface area contributed by atoms with Gasteiger partial charge in [-0.15, -0.1) is 11.6 Å². The number of allylic oxidation sites excluding steroid dienone is 3. The normalized spacial score (nSPS) is 24.9. The van der Waals surface area contributed by atoms with Crippen LogP contribution in [-0.4, -0.2) is 37.4 Å². The number of nitrogens with zero attached hydrogens (tertiary/aromatic N) is 2. The van der Waals surface area contributed by atoms with Gasteiger partial charge in [-0.2, -0.15) is 9.98 Å². The van der Waals surface area contributed by atoms with Crippen molar-refractivity contribution in [2.45, 2.75) is 38.5 Å². The number of ether oxygens (including phenoxy) is 2. The summed E-state index contributed by atoms with van der Waals surface area (Å²) in [6.07, 6.45) is 8.55. The standard InChI is InChI=1S/C24H30ClN3O2/c1-16(2)15-30-19-10-8-18(9-11-19)22-5-4-6-23(28-24(27-22)29-3)20-13-17(14-26)7-12-21(20)25/h6-11,13,16,21H,4-5,12,14-15,26H2,1-3H3/b23-6+,27-22+,28-24+. The summed E-state index contributed by atoms with van der Waals surface area (Å²) in [5.41, 5.74) is 10.6. The molecule has 0 bridgehead atoms. The number of rotatable bonds is 6. The first-order valence-electron chi connectivity index (χ1n) is 10.4. The van der Waals surface area contributed by atoms with Crippen LogP contribution in [0.25, 0.3) is 0 Å². The maximum Gasteiger partial charge on any atom is 0.316 e. The van der Waals surface area contributed by atoms with E-state index in [-0.39, 0.29) is 5.38 Å². The first kappa shape index (κ1) is 22.3. The highest BCUT2D eigenvalue weighted by Crippen LogP contribution is 2.30. The minimum absolute atomic E-state index is 0.130. The average molecular weight is 428 g/mol. The summed E-state index contributed by atoms with van der Waals surface area (Å²) in [6, 6.07) is 8.35. The van der Waals surface area contributed by atoms with Crippen molar-refractivity contribution in [1.82, 2.24) is 0 Å². The Morgan fingerprint density at radius 2 is 1.93 bits per heavy atom. The van der Waals surface area contributed by atoms with E-state index in [1.54, 1.807) is 7.11 Å². The molecule has 1 heterocycles. The van der Waals surface area contributed by atoms with Crippen LogP contribution >= 0.6 is 11.6 Å². The van der Waals surface area contributed by atoms with Crippen molar-refractivity contribution in [2.75, 3.05) is 20.3 Å². The molecule has 2 N–H and O–H groups in total. The van der Waals surface area contributed by atoms with Crippen molar-refractivity contribution in [3.05, 3.63) is 64.9 Å². The van der Waals surface area contributed by atoms with Crippen molar-refractivity contribution >= 4 is 23.3 Å². The molecule has 1 aliphatic heterocycles. The van der Waals surface area contributed by atoms with Crippen molar-refractivity contribution in [1.29, 1.82) is 0 Å². The van der Waals surface area contributed by atoms with E-state index in [9.17, 15) is 0 Å². The molecule has 1 atom stereocenters. The van der Waals surface area contributed by atoms with Gasteiger partial charge in [-0.05, 0) is 66.2 Å². The number of methoxy groups -OCH3 is 1. The third kappa shape index (κ3) is 5.83. The summed E-state index contributed by atoms with van der Waals surface area (Å²) in [6.45, 7) is 5.45. The number of hydrogen-bond donors (Lipinski definition) is 1. The van der Waals surface area contributed by atoms with Gasteiger partial charge in [0.1, 0.15) is 5.75 Å². The molecule has 0 saturated heterocycles. The lowest BCUT2D eigenvalue weighted by atomic mass is 9.95. The molecule has 0 fully saturated rings. The lowest BCUT2D eigenvalue weighted by molar-refractivity contribution is 0.271. The third-order valence-electron chi connectivity index (χ3n) is 4.92. The summed E-state index contributed by atoms with van der Waals surface area (Å²) in [5.74, 6) is 1.35. The van der Waals surface area contributed by atoms with Crippen LogP contribution in [-0.2, 0) is 4.74 Å². The van der Waals surface area contributed by atoms with Crippen LogP contribution in [0.5, 0.6) is 5.75 Å². The molecule has 1 aromatic carbocycles. The molecule has 6 heteroatoms. The Morgan fingerprint density at radius 1 is 1.17 bits per heavy atom. The number of hydrogen-bond acceptors (Lipinski definition) is 5. The molecule has 1 aromatic rings. The Kier molecular flexibility index (Phi) is 7.88. The molecular weight excluding hydrogens is 398 g/mol. The number of nitrogens with two attached hydrogens (primary N) is 1. The highest BCUT2D eigenvalue weighted by atomic mass is 35.5. The predicted molar refractivity (Wildman–Crippen MR) is 125 cm³/mol. The molecule has 30 heavy (non-hydrogen) atoms. The fourth-order valence-electron chi connectivity index (χ4n) is 3.29. The Labute approximate surface area is 184 Å². The monoisotopic (exact) mass is 427 g/mol. The number of benzene rings is 1. The van der Waals surface area contributed by atoms with Gasteiger partial charge in [0.05, 0.1) is 30.5 Å². The molecule has 2 aliphatic rings. The lowest BCUT2D eigenvalue weighted by Gasteiger charge is -2.20. The maximum atomic E-state index is 6.56. The summed E-state index contributed by atoms with van der Waals surface area (Å²) in [5, 5.41) is -0.130. The van der Waals surface area contributed by atoms with Gasteiger partial charge in [-0.1, -0.05) is 32.1 Å². The largest absolute Gasteiger partial charge is 0.493 e. The van der Waals surface area contributed by atoms with Gasteiger partial charge < -0.3 is 15.2 Å². The van der Waals surface area contributed by atoms with E-state index in [1.807, 2.05) is 30.3 Å². The second-order valence-corrected chi connectivity index (χ2v) is 8.33. The molecule has 1 aliphatic carbocycles. The van der Waals surface area contributed by atoms with Crippen LogP contribution in [0.15, 0.2) is 69.3 Å². The molecule has 0 amide bonds. The quantitative estimate of drug-likeness (QED) is 0.648. The fourth-order valence-corrected chi connectivity index (χ4v) is 3.55. The van der Waals surface area contributed by atoms with E-state index in [2.05, 4.69) is 31.0 Å². The van der Waals surface area contributed by atoms with Crippen molar-refractivity contribution < 1.29 is 9.47 Å². The van der Waals surface area contributed by atoms with Gasteiger partial charge in [0.15, 0.2) is 0 Å². The molecule has 0 saturated carbocycles. The molecule has 5 nitrogen and oxygen atoms in total. The Balaban J connectivity index is 1.83. The second kappa shape index (κ2) is 10.6. The zero-order valence-electron chi connectivity index (χ0n) is 17.9. The fraction of sp³-hybridized carbons (Fsp3) is 0.417. The van der Waals surface area contributed by atoms with Crippen LogP contribution < -0.4 is 10.5 Å². The van der Waals surface area contributed by atoms with E-state index in [0.29, 0.717) is 25.1 Å². The number of amidine groups is 1. The van der Waals surface area contributed by atoms with Crippen LogP contribution in [0.3, 0.4) is 0 Å². The Hall–Kier alpha value is -2.37.